The largest absolute Gasteiger partial charge is 0.481 e. The van der Waals surface area contributed by atoms with E-state index in [-0.39, 0.29) is 16.7 Å². The fourth-order valence-corrected chi connectivity index (χ4v) is 6.01. The van der Waals surface area contributed by atoms with Crippen molar-refractivity contribution in [2.75, 3.05) is 11.4 Å². The van der Waals surface area contributed by atoms with Crippen molar-refractivity contribution < 1.29 is 27.4 Å². The number of nitrogens with zero attached hydrogens (tertiary/aromatic N) is 3. The molecule has 2 aliphatic heterocycles. The quantitative estimate of drug-likeness (QED) is 0.169. The summed E-state index contributed by atoms with van der Waals surface area (Å²) in [5.74, 6) is 0.167. The van der Waals surface area contributed by atoms with E-state index in [2.05, 4.69) is 24.8 Å². The third kappa shape index (κ3) is 5.81. The Kier molecular flexibility index (Phi) is 8.19. The molecule has 2 aliphatic rings. The highest BCUT2D eigenvalue weighted by molar-refractivity contribution is 7.85. The van der Waals surface area contributed by atoms with E-state index in [9.17, 15) is 17.8 Å². The van der Waals surface area contributed by atoms with Crippen LogP contribution in [0.5, 0.6) is 0 Å². The minimum absolute atomic E-state index is 0.130. The number of hydrogen-bond donors (Lipinski definition) is 2. The summed E-state index contributed by atoms with van der Waals surface area (Å²) in [5, 5.41) is 8.94. The molecule has 0 unspecified atom stereocenters. The smallest absolute Gasteiger partial charge is 0.327 e. The second kappa shape index (κ2) is 11.1. The number of pyridine rings is 1. The third-order valence-corrected chi connectivity index (χ3v) is 8.70. The summed E-state index contributed by atoms with van der Waals surface area (Å²) in [7, 11) is -2.34. The van der Waals surface area contributed by atoms with Crippen molar-refractivity contribution >= 4 is 33.3 Å². The van der Waals surface area contributed by atoms with Gasteiger partial charge in [-0.3, -0.25) is 9.35 Å². The van der Waals surface area contributed by atoms with E-state index in [1.807, 2.05) is 68.1 Å². The number of benzene rings is 1. The molecule has 3 heterocycles. The van der Waals surface area contributed by atoms with Crippen molar-refractivity contribution in [2.24, 2.45) is 12.0 Å². The number of hydrogen-bond acceptors (Lipinski definition) is 5. The second-order valence-electron chi connectivity index (χ2n) is 11.4. The molecule has 0 amide bonds. The number of aromatic nitrogens is 1. The maximum atomic E-state index is 11.8. The Hall–Kier alpha value is -3.56. The number of carboxylic acids is 1. The van der Waals surface area contributed by atoms with Gasteiger partial charge in [0.25, 0.3) is 10.1 Å². The van der Waals surface area contributed by atoms with Crippen LogP contribution in [0.1, 0.15) is 64.5 Å². The fraction of sp³-hybridized carbons (Fsp3) is 0.387. The number of allylic oxidation sites excluding steroid dienone is 6. The van der Waals surface area contributed by atoms with E-state index in [0.717, 1.165) is 41.3 Å². The van der Waals surface area contributed by atoms with Gasteiger partial charge in [0.1, 0.15) is 0 Å². The molecule has 0 saturated carbocycles. The second-order valence-corrected chi connectivity index (χ2v) is 12.8. The van der Waals surface area contributed by atoms with Gasteiger partial charge in [0.05, 0.1) is 29.1 Å². The zero-order chi connectivity index (χ0) is 29.3. The lowest BCUT2D eigenvalue weighted by Gasteiger charge is -2.27. The average molecular weight is 565 g/mol. The van der Waals surface area contributed by atoms with Crippen LogP contribution in [0, 0.1) is 0 Å². The Morgan fingerprint density at radius 3 is 2.45 bits per heavy atom. The number of anilines is 1. The number of carboxylic acid groups (broad SMARTS) is 1. The monoisotopic (exact) mass is 564 g/mol. The molecule has 0 saturated heterocycles. The first-order valence-electron chi connectivity index (χ1n) is 13.5. The van der Waals surface area contributed by atoms with Gasteiger partial charge in [-0.2, -0.15) is 8.42 Å². The maximum Gasteiger partial charge on any atom is 0.327 e. The molecule has 1 aromatic heterocycles. The minimum atomic E-state index is -4.34. The van der Waals surface area contributed by atoms with Crippen LogP contribution in [0.15, 0.2) is 82.5 Å². The summed E-state index contributed by atoms with van der Waals surface area (Å²) < 4.78 is 35.4. The van der Waals surface area contributed by atoms with Crippen LogP contribution in [0.25, 0.3) is 0 Å². The van der Waals surface area contributed by atoms with Crippen LogP contribution < -0.4 is 9.47 Å². The molecule has 1 aromatic carbocycles. The van der Waals surface area contributed by atoms with Crippen LogP contribution in [0.4, 0.5) is 11.5 Å². The van der Waals surface area contributed by atoms with Crippen molar-refractivity contribution in [3.05, 3.63) is 83.7 Å². The van der Waals surface area contributed by atoms with Gasteiger partial charge in [0, 0.05) is 29.8 Å². The summed E-state index contributed by atoms with van der Waals surface area (Å²) in [4.78, 5) is 17.8. The number of carbonyl (C=O) groups is 1. The number of rotatable bonds is 10. The Labute approximate surface area is 236 Å². The molecular weight excluding hydrogens is 526 g/mol. The third-order valence-electron chi connectivity index (χ3n) is 7.85. The molecule has 0 aliphatic carbocycles. The van der Waals surface area contributed by atoms with Gasteiger partial charge >= 0.3 is 11.8 Å². The molecule has 212 valence electrons. The summed E-state index contributed by atoms with van der Waals surface area (Å²) in [6.07, 6.45) is 14.3. The fourth-order valence-electron chi connectivity index (χ4n) is 5.50. The SMILES string of the molecule is C[n+]1cccc2c1N=C(C=CC=CC=C1N(CCCCCC(=O)O)c3ccc(S(=O)(=O)O)cc3C1(C)C)C2(C)C. The summed E-state index contributed by atoms with van der Waals surface area (Å²) >= 11 is 0. The topological polar surface area (TPSA) is 111 Å². The molecule has 40 heavy (non-hydrogen) atoms. The lowest BCUT2D eigenvalue weighted by Crippen LogP contribution is -2.30. The first kappa shape index (κ1) is 29.4. The van der Waals surface area contributed by atoms with E-state index in [4.69, 9.17) is 10.1 Å². The number of aliphatic imine (C=N–C) groups is 1. The number of aryl methyl sites for hydroxylation is 1. The lowest BCUT2D eigenvalue weighted by molar-refractivity contribution is -0.658. The molecule has 0 atom stereocenters. The standard InChI is InChI=1S/C31H37N3O5S/c1-30(2)23-13-12-19-33(5)29(23)32-26(30)14-8-6-9-15-27-31(3,4)24-21-22(40(37,38)39)17-18-25(24)34(27)20-11-7-10-16-28(35)36/h6,8-9,12-15,17-19,21H,7,10-11,16,20H2,1-5H3,(H-,35,36,37,38,39)/p+1. The highest BCUT2D eigenvalue weighted by atomic mass is 32.2. The predicted molar refractivity (Wildman–Crippen MR) is 157 cm³/mol. The molecule has 2 aromatic rings. The van der Waals surface area contributed by atoms with Crippen molar-refractivity contribution in [3.8, 4) is 0 Å². The zero-order valence-corrected chi connectivity index (χ0v) is 24.6. The number of fused-ring (bicyclic) bond motifs is 2. The Morgan fingerprint density at radius 2 is 1.77 bits per heavy atom. The summed E-state index contributed by atoms with van der Waals surface area (Å²) in [6.45, 7) is 9.07. The van der Waals surface area contributed by atoms with Crippen molar-refractivity contribution in [1.82, 2.24) is 0 Å². The zero-order valence-electron chi connectivity index (χ0n) is 23.8. The van der Waals surface area contributed by atoms with Crippen molar-refractivity contribution in [3.63, 3.8) is 0 Å². The molecular formula is C31H38N3O5S+. The van der Waals surface area contributed by atoms with Gasteiger partial charge in [-0.25, -0.2) is 4.57 Å². The van der Waals surface area contributed by atoms with Gasteiger partial charge in [-0.05, 0) is 79.7 Å². The molecule has 9 heteroatoms. The minimum Gasteiger partial charge on any atom is -0.481 e. The first-order valence-corrected chi connectivity index (χ1v) is 14.9. The van der Waals surface area contributed by atoms with Crippen LogP contribution in [0.3, 0.4) is 0 Å². The first-order chi connectivity index (χ1) is 18.7. The maximum absolute atomic E-state index is 11.8. The van der Waals surface area contributed by atoms with Gasteiger partial charge < -0.3 is 10.0 Å². The van der Waals surface area contributed by atoms with E-state index in [0.29, 0.717) is 13.0 Å². The van der Waals surface area contributed by atoms with Gasteiger partial charge in [0.15, 0.2) is 5.71 Å². The van der Waals surface area contributed by atoms with E-state index >= 15 is 0 Å². The Balaban J connectivity index is 1.59. The Bertz CT molecular complexity index is 1550. The number of aliphatic carboxylic acids is 1. The van der Waals surface area contributed by atoms with Crippen molar-refractivity contribution in [2.45, 2.75) is 69.1 Å². The molecule has 8 nitrogen and oxygen atoms in total. The molecule has 0 spiro atoms. The van der Waals surface area contributed by atoms with E-state index < -0.39 is 21.5 Å². The van der Waals surface area contributed by atoms with Crippen LogP contribution in [-0.2, 0) is 32.8 Å². The predicted octanol–water partition coefficient (Wildman–Crippen LogP) is 5.56. The average Bonchev–Trinajstić information content (AvgIpc) is 3.25. The highest BCUT2D eigenvalue weighted by Gasteiger charge is 2.42. The van der Waals surface area contributed by atoms with Crippen LogP contribution in [0.2, 0.25) is 0 Å². The van der Waals surface area contributed by atoms with E-state index in [1.54, 1.807) is 12.1 Å². The highest BCUT2D eigenvalue weighted by Crippen LogP contribution is 2.48. The van der Waals surface area contributed by atoms with Gasteiger partial charge in [-0.15, -0.1) is 0 Å². The normalized spacial score (nSPS) is 18.5. The molecule has 0 radical (unpaired) electrons. The summed E-state index contributed by atoms with van der Waals surface area (Å²) in [6, 6.07) is 8.85. The van der Waals surface area contributed by atoms with E-state index in [1.165, 1.54) is 11.6 Å². The summed E-state index contributed by atoms with van der Waals surface area (Å²) in [5.41, 5.74) is 4.16. The molecule has 4 rings (SSSR count). The number of unbranched alkanes of at least 4 members (excludes halogenated alkanes) is 2. The molecule has 0 fully saturated rings. The lowest BCUT2D eigenvalue weighted by atomic mass is 9.82. The molecule has 2 N–H and O–H groups in total. The Morgan fingerprint density at radius 1 is 1.02 bits per heavy atom. The van der Waals surface area contributed by atoms with Gasteiger partial charge in [0.2, 0.25) is 0 Å². The molecule has 0 bridgehead atoms. The van der Waals surface area contributed by atoms with Crippen molar-refractivity contribution in [1.29, 1.82) is 0 Å². The van der Waals surface area contributed by atoms with Crippen LogP contribution in [-0.4, -0.2) is 36.3 Å². The van der Waals surface area contributed by atoms with Crippen LogP contribution >= 0.6 is 0 Å². The van der Waals surface area contributed by atoms with Gasteiger partial charge in [-0.1, -0.05) is 38.5 Å².